The number of thiocarbonyl (C=S) groups is 1. The highest BCUT2D eigenvalue weighted by atomic mass is 32.1. The Morgan fingerprint density at radius 3 is 2.57 bits per heavy atom. The molecule has 2 aromatic rings. The van der Waals surface area contributed by atoms with E-state index in [-0.39, 0.29) is 21.8 Å². The molecule has 1 aromatic carbocycles. The second-order valence-corrected chi connectivity index (χ2v) is 4.82. The summed E-state index contributed by atoms with van der Waals surface area (Å²) in [6.07, 6.45) is 1.46. The molecule has 7 heteroatoms. The van der Waals surface area contributed by atoms with Gasteiger partial charge in [0.15, 0.2) is 0 Å². The third-order valence-corrected chi connectivity index (χ3v) is 3.10. The van der Waals surface area contributed by atoms with Gasteiger partial charge in [-0.2, -0.15) is 0 Å². The predicted molar refractivity (Wildman–Crippen MR) is 81.9 cm³/mol. The molecule has 21 heavy (non-hydrogen) atoms. The van der Waals surface area contributed by atoms with Gasteiger partial charge in [-0.05, 0) is 24.3 Å². The molecule has 1 aromatic heterocycles. The molecule has 0 aliphatic heterocycles. The lowest BCUT2D eigenvalue weighted by Gasteiger charge is -2.08. The van der Waals surface area contributed by atoms with Crippen LogP contribution in [0, 0.1) is 5.82 Å². The Balaban J connectivity index is 2.25. The molecule has 0 spiro atoms. The summed E-state index contributed by atoms with van der Waals surface area (Å²) in [4.78, 5) is 23.5. The van der Waals surface area contributed by atoms with Crippen LogP contribution in [0.25, 0.3) is 0 Å². The number of hydrogen-bond donors (Lipinski definition) is 2. The molecule has 1 amide bonds. The van der Waals surface area contributed by atoms with E-state index in [0.29, 0.717) is 5.56 Å². The third kappa shape index (κ3) is 3.32. The molecular formula is C14H12FN3O2S. The Labute approximate surface area is 125 Å². The number of benzene rings is 1. The lowest BCUT2D eigenvalue weighted by Crippen LogP contribution is -2.20. The summed E-state index contributed by atoms with van der Waals surface area (Å²) in [5, 5.41) is 2.39. The van der Waals surface area contributed by atoms with Gasteiger partial charge in [-0.1, -0.05) is 12.2 Å². The highest BCUT2D eigenvalue weighted by Crippen LogP contribution is 2.16. The van der Waals surface area contributed by atoms with E-state index in [1.165, 1.54) is 35.0 Å². The Morgan fingerprint density at radius 2 is 2.00 bits per heavy atom. The fraction of sp³-hybridized carbons (Fsp3) is 0.0714. The van der Waals surface area contributed by atoms with Crippen LogP contribution in [0.15, 0.2) is 41.3 Å². The molecule has 2 rings (SSSR count). The standard InChI is InChI=1S/C14H12FN3O2S/c1-18-5-4-9(7-12(18)19)14(20)17-11-3-2-8(13(16)21)6-10(11)15/h2-7H,1H3,(H2,16,21)(H,17,20). The number of rotatable bonds is 3. The normalized spacial score (nSPS) is 10.2. The Kier molecular flexibility index (Phi) is 4.13. The van der Waals surface area contributed by atoms with Gasteiger partial charge in [-0.25, -0.2) is 4.39 Å². The molecule has 0 aliphatic rings. The summed E-state index contributed by atoms with van der Waals surface area (Å²) < 4.78 is 15.2. The van der Waals surface area contributed by atoms with Crippen LogP contribution in [0.1, 0.15) is 15.9 Å². The van der Waals surface area contributed by atoms with Gasteiger partial charge in [0.1, 0.15) is 10.8 Å². The van der Waals surface area contributed by atoms with Crippen molar-refractivity contribution < 1.29 is 9.18 Å². The molecule has 108 valence electrons. The first-order chi connectivity index (χ1) is 9.88. The Hall–Kier alpha value is -2.54. The molecule has 0 saturated carbocycles. The summed E-state index contributed by atoms with van der Waals surface area (Å²) in [5.41, 5.74) is 5.57. The fourth-order valence-electron chi connectivity index (χ4n) is 1.65. The van der Waals surface area contributed by atoms with Crippen LogP contribution in [0.4, 0.5) is 10.1 Å². The zero-order chi connectivity index (χ0) is 15.6. The molecule has 1 heterocycles. The molecule has 0 aliphatic carbocycles. The largest absolute Gasteiger partial charge is 0.389 e. The van der Waals surface area contributed by atoms with Gasteiger partial charge in [-0.3, -0.25) is 9.59 Å². The minimum atomic E-state index is -0.655. The number of nitrogens with two attached hydrogens (primary N) is 1. The molecule has 5 nitrogen and oxygen atoms in total. The van der Waals surface area contributed by atoms with Crippen LogP contribution in [0.2, 0.25) is 0 Å². The van der Waals surface area contributed by atoms with Gasteiger partial charge in [0.25, 0.3) is 11.5 Å². The number of pyridine rings is 1. The van der Waals surface area contributed by atoms with Crippen LogP contribution < -0.4 is 16.6 Å². The summed E-state index contributed by atoms with van der Waals surface area (Å²) in [5.74, 6) is -1.23. The van der Waals surface area contributed by atoms with Gasteiger partial charge in [0, 0.05) is 30.4 Å². The summed E-state index contributed by atoms with van der Waals surface area (Å²) >= 11 is 4.74. The summed E-state index contributed by atoms with van der Waals surface area (Å²) in [7, 11) is 1.57. The van der Waals surface area contributed by atoms with Gasteiger partial charge in [0.05, 0.1) is 5.69 Å². The van der Waals surface area contributed by atoms with E-state index in [0.717, 1.165) is 6.07 Å². The molecule has 0 unspecified atom stereocenters. The highest BCUT2D eigenvalue weighted by Gasteiger charge is 2.11. The predicted octanol–water partition coefficient (Wildman–Crippen LogP) is 1.41. The van der Waals surface area contributed by atoms with E-state index in [1.54, 1.807) is 7.05 Å². The van der Waals surface area contributed by atoms with E-state index in [2.05, 4.69) is 5.32 Å². The minimum absolute atomic E-state index is 0.0133. The lowest BCUT2D eigenvalue weighted by molar-refractivity contribution is 0.102. The van der Waals surface area contributed by atoms with Crippen molar-refractivity contribution in [1.82, 2.24) is 4.57 Å². The molecule has 3 N–H and O–H groups in total. The summed E-state index contributed by atoms with van der Waals surface area (Å²) in [6.45, 7) is 0. The number of amides is 1. The number of aryl methyl sites for hydroxylation is 1. The van der Waals surface area contributed by atoms with Crippen molar-refractivity contribution in [3.8, 4) is 0 Å². The van der Waals surface area contributed by atoms with Crippen molar-refractivity contribution in [1.29, 1.82) is 0 Å². The van der Waals surface area contributed by atoms with Crippen LogP contribution >= 0.6 is 12.2 Å². The maximum Gasteiger partial charge on any atom is 0.255 e. The average molecular weight is 305 g/mol. The fourth-order valence-corrected chi connectivity index (χ4v) is 1.78. The van der Waals surface area contributed by atoms with Crippen molar-refractivity contribution >= 4 is 28.8 Å². The summed E-state index contributed by atoms with van der Waals surface area (Å²) in [6, 6.07) is 6.66. The smallest absolute Gasteiger partial charge is 0.255 e. The first kappa shape index (κ1) is 14.9. The van der Waals surface area contributed by atoms with Gasteiger partial charge in [-0.15, -0.1) is 0 Å². The molecular weight excluding hydrogens is 293 g/mol. The van der Waals surface area contributed by atoms with Crippen LogP contribution in [0.5, 0.6) is 0 Å². The zero-order valence-corrected chi connectivity index (χ0v) is 11.9. The first-order valence-corrected chi connectivity index (χ1v) is 6.36. The van der Waals surface area contributed by atoms with Gasteiger partial charge < -0.3 is 15.6 Å². The number of carbonyl (C=O) groups is 1. The topological polar surface area (TPSA) is 77.1 Å². The van der Waals surface area contributed by atoms with Crippen molar-refractivity contribution in [2.75, 3.05) is 5.32 Å². The van der Waals surface area contributed by atoms with E-state index in [4.69, 9.17) is 18.0 Å². The zero-order valence-electron chi connectivity index (χ0n) is 11.1. The van der Waals surface area contributed by atoms with Crippen LogP contribution in [-0.4, -0.2) is 15.5 Å². The highest BCUT2D eigenvalue weighted by molar-refractivity contribution is 7.80. The van der Waals surface area contributed by atoms with Crippen LogP contribution in [-0.2, 0) is 7.05 Å². The number of carbonyl (C=O) groups excluding carboxylic acids is 1. The number of nitrogens with zero attached hydrogens (tertiary/aromatic N) is 1. The second kappa shape index (κ2) is 5.84. The number of anilines is 1. The van der Waals surface area contributed by atoms with Crippen molar-refractivity contribution in [2.24, 2.45) is 12.8 Å². The number of aromatic nitrogens is 1. The second-order valence-electron chi connectivity index (χ2n) is 4.38. The molecule has 0 radical (unpaired) electrons. The Bertz CT molecular complexity index is 786. The molecule has 0 fully saturated rings. The van der Waals surface area contributed by atoms with E-state index >= 15 is 0 Å². The Morgan fingerprint density at radius 1 is 1.29 bits per heavy atom. The minimum Gasteiger partial charge on any atom is -0.389 e. The maximum atomic E-state index is 13.8. The van der Waals surface area contributed by atoms with Gasteiger partial charge >= 0.3 is 0 Å². The number of hydrogen-bond acceptors (Lipinski definition) is 3. The van der Waals surface area contributed by atoms with E-state index < -0.39 is 11.7 Å². The first-order valence-electron chi connectivity index (χ1n) is 5.96. The third-order valence-electron chi connectivity index (χ3n) is 2.87. The number of halogens is 1. The number of nitrogens with one attached hydrogen (secondary N) is 1. The molecule has 0 bridgehead atoms. The maximum absolute atomic E-state index is 13.8. The SMILES string of the molecule is Cn1ccc(C(=O)Nc2ccc(C(N)=S)cc2F)cc1=O. The van der Waals surface area contributed by atoms with E-state index in [1.807, 2.05) is 0 Å². The van der Waals surface area contributed by atoms with Crippen molar-refractivity contribution in [3.63, 3.8) is 0 Å². The van der Waals surface area contributed by atoms with Crippen molar-refractivity contribution in [3.05, 3.63) is 63.8 Å². The monoisotopic (exact) mass is 305 g/mol. The van der Waals surface area contributed by atoms with E-state index in [9.17, 15) is 14.0 Å². The van der Waals surface area contributed by atoms with Crippen molar-refractivity contribution in [2.45, 2.75) is 0 Å². The molecule has 0 saturated heterocycles. The van der Waals surface area contributed by atoms with Gasteiger partial charge in [0.2, 0.25) is 0 Å². The quantitative estimate of drug-likeness (QED) is 0.841. The molecule has 0 atom stereocenters. The van der Waals surface area contributed by atoms with Crippen LogP contribution in [0.3, 0.4) is 0 Å². The average Bonchev–Trinajstić information content (AvgIpc) is 2.43. The lowest BCUT2D eigenvalue weighted by atomic mass is 10.2.